The molecule has 0 radical (unpaired) electrons. The van der Waals surface area contributed by atoms with Crippen molar-refractivity contribution in [2.75, 3.05) is 31.1 Å². The average molecular weight is 350 g/mol. The van der Waals surface area contributed by atoms with Crippen LogP contribution in [0.4, 0.5) is 5.69 Å². The number of amides is 2. The maximum atomic E-state index is 12.8. The summed E-state index contributed by atoms with van der Waals surface area (Å²) >= 11 is 6.05. The minimum Gasteiger partial charge on any atom is -0.368 e. The maximum absolute atomic E-state index is 12.8. The van der Waals surface area contributed by atoms with Crippen molar-refractivity contribution in [1.29, 1.82) is 0 Å². The summed E-state index contributed by atoms with van der Waals surface area (Å²) in [4.78, 5) is 29.1. The Bertz CT molecular complexity index is 635. The van der Waals surface area contributed by atoms with Gasteiger partial charge in [0, 0.05) is 42.9 Å². The summed E-state index contributed by atoms with van der Waals surface area (Å²) in [5.41, 5.74) is 0.0567. The van der Waals surface area contributed by atoms with Crippen LogP contribution in [0.5, 0.6) is 0 Å². The molecule has 1 heterocycles. The summed E-state index contributed by atoms with van der Waals surface area (Å²) in [5, 5.41) is 3.66. The molecule has 0 unspecified atom stereocenters. The first-order chi connectivity index (χ1) is 11.4. The van der Waals surface area contributed by atoms with E-state index in [2.05, 4.69) is 10.2 Å². The highest BCUT2D eigenvalue weighted by molar-refractivity contribution is 6.30. The Balaban J connectivity index is 1.59. The van der Waals surface area contributed by atoms with E-state index in [4.69, 9.17) is 11.6 Å². The first-order valence-corrected chi connectivity index (χ1v) is 8.86. The molecule has 1 N–H and O–H groups in total. The smallest absolute Gasteiger partial charge is 0.237 e. The van der Waals surface area contributed by atoms with E-state index in [1.807, 2.05) is 24.3 Å². The van der Waals surface area contributed by atoms with E-state index in [0.29, 0.717) is 18.1 Å². The van der Waals surface area contributed by atoms with Crippen LogP contribution in [0.3, 0.4) is 0 Å². The van der Waals surface area contributed by atoms with Gasteiger partial charge in [-0.15, -0.1) is 0 Å². The molecule has 0 spiro atoms. The standard InChI is InChI=1S/C18H24ClN3O2/c1-18(2,16(23)20-14-6-7-14)17(24)22-10-8-21(9-11-22)15-5-3-4-13(19)12-15/h3-5,12,14H,6-11H2,1-2H3,(H,20,23). The number of hydrogen-bond acceptors (Lipinski definition) is 3. The molecule has 130 valence electrons. The van der Waals surface area contributed by atoms with Gasteiger partial charge in [0.2, 0.25) is 11.8 Å². The van der Waals surface area contributed by atoms with Gasteiger partial charge in [0.15, 0.2) is 0 Å². The van der Waals surface area contributed by atoms with Crippen molar-refractivity contribution in [2.24, 2.45) is 5.41 Å². The van der Waals surface area contributed by atoms with Gasteiger partial charge in [-0.05, 0) is 44.9 Å². The molecule has 3 rings (SSSR count). The number of nitrogens with one attached hydrogen (secondary N) is 1. The second-order valence-corrected chi connectivity index (χ2v) is 7.57. The lowest BCUT2D eigenvalue weighted by atomic mass is 9.90. The minimum absolute atomic E-state index is 0.0913. The number of benzene rings is 1. The first kappa shape index (κ1) is 17.1. The third-order valence-electron chi connectivity index (χ3n) is 4.76. The molecule has 1 aliphatic heterocycles. The summed E-state index contributed by atoms with van der Waals surface area (Å²) in [6.07, 6.45) is 2.04. The third kappa shape index (κ3) is 3.66. The predicted molar refractivity (Wildman–Crippen MR) is 95.2 cm³/mol. The maximum Gasteiger partial charge on any atom is 0.237 e. The molecule has 1 aliphatic carbocycles. The lowest BCUT2D eigenvalue weighted by Crippen LogP contribution is -2.55. The van der Waals surface area contributed by atoms with E-state index in [1.54, 1.807) is 18.7 Å². The van der Waals surface area contributed by atoms with Crippen LogP contribution >= 0.6 is 11.6 Å². The van der Waals surface area contributed by atoms with Crippen LogP contribution in [-0.4, -0.2) is 48.9 Å². The fourth-order valence-corrected chi connectivity index (χ4v) is 3.11. The van der Waals surface area contributed by atoms with Gasteiger partial charge in [-0.3, -0.25) is 9.59 Å². The summed E-state index contributed by atoms with van der Waals surface area (Å²) in [6.45, 7) is 6.16. The fraction of sp³-hybridized carbons (Fsp3) is 0.556. The number of halogens is 1. The zero-order chi connectivity index (χ0) is 17.3. The number of nitrogens with zero attached hydrogens (tertiary/aromatic N) is 2. The van der Waals surface area contributed by atoms with Crippen molar-refractivity contribution in [1.82, 2.24) is 10.2 Å². The van der Waals surface area contributed by atoms with Crippen LogP contribution in [0.2, 0.25) is 5.02 Å². The molecule has 1 saturated carbocycles. The van der Waals surface area contributed by atoms with Gasteiger partial charge in [0.05, 0.1) is 0 Å². The molecule has 1 aromatic rings. The molecule has 2 amide bonds. The lowest BCUT2D eigenvalue weighted by Gasteiger charge is -2.39. The predicted octanol–water partition coefficient (Wildman–Crippen LogP) is 2.29. The normalized spacial score (nSPS) is 18.5. The molecule has 5 nitrogen and oxygen atoms in total. The van der Waals surface area contributed by atoms with Crippen LogP contribution in [0.15, 0.2) is 24.3 Å². The Morgan fingerprint density at radius 3 is 2.42 bits per heavy atom. The molecule has 2 fully saturated rings. The Hall–Kier alpha value is -1.75. The van der Waals surface area contributed by atoms with E-state index < -0.39 is 5.41 Å². The largest absolute Gasteiger partial charge is 0.368 e. The molecule has 0 atom stereocenters. The van der Waals surface area contributed by atoms with Gasteiger partial charge >= 0.3 is 0 Å². The molecular weight excluding hydrogens is 326 g/mol. The van der Waals surface area contributed by atoms with Crippen LogP contribution in [0, 0.1) is 5.41 Å². The van der Waals surface area contributed by atoms with Crippen molar-refractivity contribution >= 4 is 29.1 Å². The van der Waals surface area contributed by atoms with Crippen molar-refractivity contribution in [3.8, 4) is 0 Å². The molecule has 6 heteroatoms. The van der Waals surface area contributed by atoms with E-state index in [0.717, 1.165) is 31.6 Å². The SMILES string of the molecule is CC(C)(C(=O)NC1CC1)C(=O)N1CCN(c2cccc(Cl)c2)CC1. The van der Waals surface area contributed by atoms with Crippen LogP contribution in [-0.2, 0) is 9.59 Å². The second kappa shape index (κ2) is 6.63. The van der Waals surface area contributed by atoms with Crippen LogP contribution in [0.1, 0.15) is 26.7 Å². The number of carbonyl (C=O) groups is 2. The highest BCUT2D eigenvalue weighted by Crippen LogP contribution is 2.26. The molecule has 0 aromatic heterocycles. The van der Waals surface area contributed by atoms with Crippen molar-refractivity contribution in [3.05, 3.63) is 29.3 Å². The van der Waals surface area contributed by atoms with Gasteiger partial charge in [-0.2, -0.15) is 0 Å². The van der Waals surface area contributed by atoms with Crippen LogP contribution in [0.25, 0.3) is 0 Å². The number of rotatable bonds is 4. The zero-order valence-corrected chi connectivity index (χ0v) is 15.0. The Morgan fingerprint density at radius 1 is 1.17 bits per heavy atom. The summed E-state index contributed by atoms with van der Waals surface area (Å²) in [6, 6.07) is 8.01. The number of anilines is 1. The molecule has 1 aromatic carbocycles. The van der Waals surface area contributed by atoms with E-state index in [9.17, 15) is 9.59 Å². The van der Waals surface area contributed by atoms with E-state index in [-0.39, 0.29) is 17.9 Å². The Labute approximate surface area is 147 Å². The molecular formula is C18H24ClN3O2. The lowest BCUT2D eigenvalue weighted by molar-refractivity contribution is -0.148. The van der Waals surface area contributed by atoms with E-state index >= 15 is 0 Å². The highest BCUT2D eigenvalue weighted by atomic mass is 35.5. The topological polar surface area (TPSA) is 52.7 Å². The quantitative estimate of drug-likeness (QED) is 0.848. The fourth-order valence-electron chi connectivity index (χ4n) is 2.93. The van der Waals surface area contributed by atoms with Crippen molar-refractivity contribution < 1.29 is 9.59 Å². The number of carbonyl (C=O) groups excluding carboxylic acids is 2. The summed E-state index contributed by atoms with van der Waals surface area (Å²) < 4.78 is 0. The number of piperazine rings is 1. The molecule has 2 aliphatic rings. The van der Waals surface area contributed by atoms with Gasteiger partial charge in [0.1, 0.15) is 5.41 Å². The average Bonchev–Trinajstić information content (AvgIpc) is 3.38. The monoisotopic (exact) mass is 349 g/mol. The second-order valence-electron chi connectivity index (χ2n) is 7.13. The first-order valence-electron chi connectivity index (χ1n) is 8.49. The van der Waals surface area contributed by atoms with Crippen LogP contribution < -0.4 is 10.2 Å². The van der Waals surface area contributed by atoms with Gasteiger partial charge < -0.3 is 15.1 Å². The highest BCUT2D eigenvalue weighted by Gasteiger charge is 2.41. The third-order valence-corrected chi connectivity index (χ3v) is 4.99. The van der Waals surface area contributed by atoms with Gasteiger partial charge in [-0.1, -0.05) is 17.7 Å². The zero-order valence-electron chi connectivity index (χ0n) is 14.2. The summed E-state index contributed by atoms with van der Waals surface area (Å²) in [5.74, 6) is -0.251. The van der Waals surface area contributed by atoms with Crippen molar-refractivity contribution in [3.63, 3.8) is 0 Å². The number of hydrogen-bond donors (Lipinski definition) is 1. The molecule has 24 heavy (non-hydrogen) atoms. The summed E-state index contributed by atoms with van der Waals surface area (Å²) in [7, 11) is 0. The van der Waals surface area contributed by atoms with Gasteiger partial charge in [0.25, 0.3) is 0 Å². The van der Waals surface area contributed by atoms with Crippen molar-refractivity contribution in [2.45, 2.75) is 32.7 Å². The minimum atomic E-state index is -1.01. The molecule has 0 bridgehead atoms. The molecule has 1 saturated heterocycles. The van der Waals surface area contributed by atoms with Gasteiger partial charge in [-0.25, -0.2) is 0 Å². The Kier molecular flexibility index (Phi) is 4.72. The Morgan fingerprint density at radius 2 is 1.83 bits per heavy atom. The van der Waals surface area contributed by atoms with E-state index in [1.165, 1.54) is 0 Å².